The van der Waals surface area contributed by atoms with Gasteiger partial charge in [0, 0.05) is 18.8 Å². The molecule has 5 rings (SSSR count). The Hall–Kier alpha value is -2.83. The number of alkyl halides is 1. The van der Waals surface area contributed by atoms with Crippen molar-refractivity contribution >= 4 is 0 Å². The van der Waals surface area contributed by atoms with Crippen molar-refractivity contribution in [2.24, 2.45) is 0 Å². The highest BCUT2D eigenvalue weighted by molar-refractivity contribution is 5.23. The van der Waals surface area contributed by atoms with Crippen molar-refractivity contribution in [3.8, 4) is 0 Å². The Morgan fingerprint density at radius 1 is 1.08 bits per heavy atom. The maximum Gasteiger partial charge on any atom is 0.346 e. The Labute approximate surface area is 149 Å². The van der Waals surface area contributed by atoms with Crippen molar-refractivity contribution < 1.29 is 4.39 Å². The van der Waals surface area contributed by atoms with E-state index in [1.165, 1.54) is 14.8 Å². The first-order valence-electron chi connectivity index (χ1n) is 8.88. The zero-order chi connectivity index (χ0) is 17.7. The van der Waals surface area contributed by atoms with E-state index in [-0.39, 0.29) is 24.0 Å². The molecule has 1 aromatic carbocycles. The second-order valence-corrected chi connectivity index (χ2v) is 7.04. The average Bonchev–Trinajstić information content (AvgIpc) is 3.14. The normalized spacial score (nSPS) is 27.1. The minimum atomic E-state index is -1.25. The standard InChI is InChI=1S/C19H18FN5O/c20-15-10-17(16-11-21-6-7-22-16)24-18(15)23-25(19(24)26)14-8-13(9-14)12-4-2-1-3-5-12/h1-7,11,13-15,17H,8-10H2/t13?,14?,15-,17+/m0/s1. The van der Waals surface area contributed by atoms with Crippen LogP contribution in [0.3, 0.4) is 0 Å². The van der Waals surface area contributed by atoms with E-state index in [2.05, 4.69) is 27.2 Å². The monoisotopic (exact) mass is 351 g/mol. The van der Waals surface area contributed by atoms with Crippen LogP contribution in [0, 0.1) is 0 Å². The number of halogens is 1. The van der Waals surface area contributed by atoms with Crippen LogP contribution in [0.25, 0.3) is 0 Å². The Bertz CT molecular complexity index is 978. The van der Waals surface area contributed by atoms with Crippen molar-refractivity contribution in [2.75, 3.05) is 0 Å². The van der Waals surface area contributed by atoms with Gasteiger partial charge >= 0.3 is 5.69 Å². The van der Waals surface area contributed by atoms with Gasteiger partial charge in [-0.1, -0.05) is 30.3 Å². The molecule has 0 N–H and O–H groups in total. The zero-order valence-corrected chi connectivity index (χ0v) is 14.1. The van der Waals surface area contributed by atoms with Gasteiger partial charge in [0.25, 0.3) is 0 Å². The SMILES string of the molecule is O=c1n(C2CC(c3ccccc3)C2)nc2n1[C@@H](c1cnccn1)C[C@@H]2F. The molecule has 132 valence electrons. The minimum absolute atomic E-state index is 0.0283. The highest BCUT2D eigenvalue weighted by Crippen LogP contribution is 2.45. The molecule has 1 fully saturated rings. The summed E-state index contributed by atoms with van der Waals surface area (Å²) in [6.45, 7) is 0. The first-order chi connectivity index (χ1) is 12.7. The summed E-state index contributed by atoms with van der Waals surface area (Å²) in [5, 5.41) is 4.34. The summed E-state index contributed by atoms with van der Waals surface area (Å²) in [5.41, 5.74) is 1.64. The molecular weight excluding hydrogens is 333 g/mol. The fourth-order valence-electron chi connectivity index (χ4n) is 4.08. The first-order valence-corrected chi connectivity index (χ1v) is 8.88. The third kappa shape index (κ3) is 2.30. The third-order valence-corrected chi connectivity index (χ3v) is 5.54. The summed E-state index contributed by atoms with van der Waals surface area (Å²) >= 11 is 0. The van der Waals surface area contributed by atoms with E-state index in [0.29, 0.717) is 11.6 Å². The lowest BCUT2D eigenvalue weighted by atomic mass is 9.76. The van der Waals surface area contributed by atoms with Gasteiger partial charge in [-0.2, -0.15) is 5.10 Å². The lowest BCUT2D eigenvalue weighted by Gasteiger charge is -2.35. The molecule has 1 aliphatic carbocycles. The molecule has 0 saturated heterocycles. The Morgan fingerprint density at radius 2 is 1.88 bits per heavy atom. The van der Waals surface area contributed by atoms with Crippen LogP contribution >= 0.6 is 0 Å². The van der Waals surface area contributed by atoms with E-state index in [9.17, 15) is 9.18 Å². The molecule has 2 aliphatic rings. The van der Waals surface area contributed by atoms with E-state index in [4.69, 9.17) is 0 Å². The number of fused-ring (bicyclic) bond motifs is 1. The van der Waals surface area contributed by atoms with Crippen LogP contribution in [0.1, 0.15) is 60.5 Å². The van der Waals surface area contributed by atoms with E-state index in [1.807, 2.05) is 18.2 Å². The lowest BCUT2D eigenvalue weighted by Crippen LogP contribution is -2.35. The molecular formula is C19H18FN5O. The second-order valence-electron chi connectivity index (χ2n) is 7.04. The second kappa shape index (κ2) is 5.86. The van der Waals surface area contributed by atoms with Crippen LogP contribution < -0.4 is 5.69 Å². The van der Waals surface area contributed by atoms with E-state index in [0.717, 1.165) is 12.8 Å². The minimum Gasteiger partial charge on any atom is -0.267 e. The Morgan fingerprint density at radius 3 is 2.62 bits per heavy atom. The predicted octanol–water partition coefficient (Wildman–Crippen LogP) is 2.96. The van der Waals surface area contributed by atoms with Crippen LogP contribution in [0.15, 0.2) is 53.7 Å². The number of hydrogen-bond acceptors (Lipinski definition) is 4. The molecule has 1 aliphatic heterocycles. The quantitative estimate of drug-likeness (QED) is 0.728. The topological polar surface area (TPSA) is 65.6 Å². The number of nitrogens with zero attached hydrogens (tertiary/aromatic N) is 5. The molecule has 6 nitrogen and oxygen atoms in total. The number of rotatable bonds is 3. The lowest BCUT2D eigenvalue weighted by molar-refractivity contribution is 0.231. The van der Waals surface area contributed by atoms with Crippen molar-refractivity contribution in [2.45, 2.75) is 43.4 Å². The average molecular weight is 351 g/mol. The van der Waals surface area contributed by atoms with Crippen molar-refractivity contribution in [1.82, 2.24) is 24.3 Å². The third-order valence-electron chi connectivity index (χ3n) is 5.54. The largest absolute Gasteiger partial charge is 0.346 e. The molecule has 1 saturated carbocycles. The van der Waals surface area contributed by atoms with Crippen LogP contribution in [0.5, 0.6) is 0 Å². The van der Waals surface area contributed by atoms with Gasteiger partial charge in [0.2, 0.25) is 0 Å². The van der Waals surface area contributed by atoms with Crippen LogP contribution in [0.4, 0.5) is 4.39 Å². The summed E-state index contributed by atoms with van der Waals surface area (Å²) in [4.78, 5) is 21.2. The fourth-order valence-corrected chi connectivity index (χ4v) is 4.08. The fraction of sp³-hybridized carbons (Fsp3) is 0.368. The molecule has 7 heteroatoms. The Balaban J connectivity index is 1.43. The summed E-state index contributed by atoms with van der Waals surface area (Å²) in [5.74, 6) is 0.649. The molecule has 0 radical (unpaired) electrons. The van der Waals surface area contributed by atoms with Gasteiger partial charge in [0.15, 0.2) is 12.0 Å². The van der Waals surface area contributed by atoms with Gasteiger partial charge in [-0.15, -0.1) is 0 Å². The molecule has 0 spiro atoms. The van der Waals surface area contributed by atoms with E-state index in [1.54, 1.807) is 18.6 Å². The van der Waals surface area contributed by atoms with E-state index >= 15 is 0 Å². The summed E-state index contributed by atoms with van der Waals surface area (Å²) in [7, 11) is 0. The van der Waals surface area contributed by atoms with Crippen LogP contribution in [0.2, 0.25) is 0 Å². The van der Waals surface area contributed by atoms with Gasteiger partial charge in [0.05, 0.1) is 24.0 Å². The molecule has 26 heavy (non-hydrogen) atoms. The van der Waals surface area contributed by atoms with Crippen molar-refractivity contribution in [1.29, 1.82) is 0 Å². The summed E-state index contributed by atoms with van der Waals surface area (Å²) < 4.78 is 17.4. The molecule has 3 aromatic rings. The van der Waals surface area contributed by atoms with Gasteiger partial charge < -0.3 is 0 Å². The number of aromatic nitrogens is 5. The molecule has 0 unspecified atom stereocenters. The maximum absolute atomic E-state index is 14.5. The number of hydrogen-bond donors (Lipinski definition) is 0. The zero-order valence-electron chi connectivity index (χ0n) is 14.1. The highest BCUT2D eigenvalue weighted by atomic mass is 19.1. The van der Waals surface area contributed by atoms with Crippen molar-refractivity contribution in [3.63, 3.8) is 0 Å². The molecule has 0 amide bonds. The van der Waals surface area contributed by atoms with Crippen LogP contribution in [-0.2, 0) is 0 Å². The number of benzene rings is 1. The maximum atomic E-state index is 14.5. The Kier molecular flexibility index (Phi) is 3.48. The highest BCUT2D eigenvalue weighted by Gasteiger charge is 2.41. The van der Waals surface area contributed by atoms with Gasteiger partial charge in [-0.25, -0.2) is 13.9 Å². The molecule has 2 atom stereocenters. The smallest absolute Gasteiger partial charge is 0.267 e. The van der Waals surface area contributed by atoms with Gasteiger partial charge in [-0.3, -0.25) is 14.5 Å². The van der Waals surface area contributed by atoms with Crippen LogP contribution in [-0.4, -0.2) is 24.3 Å². The van der Waals surface area contributed by atoms with Gasteiger partial charge in [-0.05, 0) is 24.3 Å². The van der Waals surface area contributed by atoms with Gasteiger partial charge in [0.1, 0.15) is 0 Å². The van der Waals surface area contributed by atoms with E-state index < -0.39 is 12.2 Å². The summed E-state index contributed by atoms with van der Waals surface area (Å²) in [6.07, 6.45) is 5.36. The molecule has 0 bridgehead atoms. The summed E-state index contributed by atoms with van der Waals surface area (Å²) in [6, 6.07) is 9.87. The molecule has 2 aromatic heterocycles. The first kappa shape index (κ1) is 15.4. The van der Waals surface area contributed by atoms with Crippen molar-refractivity contribution in [3.05, 3.63) is 76.5 Å². The predicted molar refractivity (Wildman–Crippen MR) is 92.6 cm³/mol. The molecule has 3 heterocycles.